The number of hydrogen-bond donors (Lipinski definition) is 1. The monoisotopic (exact) mass is 227 g/mol. The molecule has 1 saturated heterocycles. The molecule has 1 aliphatic carbocycles. The molecule has 0 spiro atoms. The topological polar surface area (TPSA) is 32.7 Å². The molecule has 0 unspecified atom stereocenters. The van der Waals surface area contributed by atoms with Gasteiger partial charge in [-0.1, -0.05) is 13.8 Å². The number of ether oxygens (including phenoxy) is 1. The Bertz CT molecular complexity index is 220. The van der Waals surface area contributed by atoms with E-state index in [1.165, 1.54) is 12.8 Å². The summed E-state index contributed by atoms with van der Waals surface area (Å²) in [4.78, 5) is 2.30. The van der Waals surface area contributed by atoms with E-state index in [-0.39, 0.29) is 5.60 Å². The van der Waals surface area contributed by atoms with Gasteiger partial charge in [0.05, 0.1) is 12.2 Å². The van der Waals surface area contributed by atoms with Crippen molar-refractivity contribution in [1.82, 2.24) is 4.90 Å². The number of aliphatic hydroxyl groups is 1. The van der Waals surface area contributed by atoms with Gasteiger partial charge in [-0.2, -0.15) is 0 Å². The predicted molar refractivity (Wildman–Crippen MR) is 64.4 cm³/mol. The van der Waals surface area contributed by atoms with Crippen LogP contribution in [0, 0.1) is 11.8 Å². The van der Waals surface area contributed by atoms with Crippen LogP contribution in [0.5, 0.6) is 0 Å². The highest BCUT2D eigenvalue weighted by atomic mass is 16.5. The first-order valence-electron chi connectivity index (χ1n) is 6.62. The molecule has 2 rings (SSSR count). The fraction of sp³-hybridized carbons (Fsp3) is 1.00. The average molecular weight is 227 g/mol. The van der Waals surface area contributed by atoms with Crippen molar-refractivity contribution in [3.63, 3.8) is 0 Å². The van der Waals surface area contributed by atoms with Crippen LogP contribution in [0.2, 0.25) is 0 Å². The molecule has 16 heavy (non-hydrogen) atoms. The van der Waals surface area contributed by atoms with Crippen molar-refractivity contribution in [1.29, 1.82) is 0 Å². The van der Waals surface area contributed by atoms with Gasteiger partial charge in [0.25, 0.3) is 0 Å². The van der Waals surface area contributed by atoms with E-state index in [1.54, 1.807) is 0 Å². The van der Waals surface area contributed by atoms with Crippen molar-refractivity contribution >= 4 is 0 Å². The molecule has 0 aromatic carbocycles. The minimum absolute atomic E-state index is 0.335. The van der Waals surface area contributed by atoms with Gasteiger partial charge in [-0.25, -0.2) is 0 Å². The van der Waals surface area contributed by atoms with Crippen LogP contribution in [-0.2, 0) is 4.74 Å². The lowest BCUT2D eigenvalue weighted by Crippen LogP contribution is -2.63. The van der Waals surface area contributed by atoms with Crippen LogP contribution in [0.3, 0.4) is 0 Å². The highest BCUT2D eigenvalue weighted by molar-refractivity contribution is 5.05. The minimum Gasteiger partial charge on any atom is -0.387 e. The van der Waals surface area contributed by atoms with Gasteiger partial charge in [-0.15, -0.1) is 0 Å². The van der Waals surface area contributed by atoms with E-state index < -0.39 is 0 Å². The van der Waals surface area contributed by atoms with E-state index in [0.29, 0.717) is 5.92 Å². The van der Waals surface area contributed by atoms with Crippen molar-refractivity contribution in [3.05, 3.63) is 0 Å². The number of nitrogens with zero attached hydrogens (tertiary/aromatic N) is 1. The first kappa shape index (κ1) is 12.3. The van der Waals surface area contributed by atoms with Gasteiger partial charge < -0.3 is 9.84 Å². The molecule has 3 nitrogen and oxygen atoms in total. The number of rotatable bonds is 7. The van der Waals surface area contributed by atoms with E-state index in [9.17, 15) is 5.11 Å². The van der Waals surface area contributed by atoms with E-state index >= 15 is 0 Å². The van der Waals surface area contributed by atoms with Crippen LogP contribution in [0.15, 0.2) is 0 Å². The molecule has 3 heteroatoms. The quantitative estimate of drug-likeness (QED) is 0.669. The molecule has 0 atom stereocenters. The van der Waals surface area contributed by atoms with Crippen LogP contribution >= 0.6 is 0 Å². The summed E-state index contributed by atoms with van der Waals surface area (Å²) in [5.74, 6) is 1.33. The Morgan fingerprint density at radius 3 is 2.56 bits per heavy atom. The zero-order chi connectivity index (χ0) is 11.6. The maximum atomic E-state index is 10.1. The van der Waals surface area contributed by atoms with Crippen molar-refractivity contribution in [2.45, 2.75) is 38.7 Å². The highest BCUT2D eigenvalue weighted by Crippen LogP contribution is 2.44. The second-order valence-corrected chi connectivity index (χ2v) is 5.88. The van der Waals surface area contributed by atoms with Crippen LogP contribution in [-0.4, -0.2) is 48.5 Å². The minimum atomic E-state index is -0.335. The molecule has 0 radical (unpaired) electrons. The molecule has 1 saturated carbocycles. The van der Waals surface area contributed by atoms with Crippen molar-refractivity contribution in [3.8, 4) is 0 Å². The van der Waals surface area contributed by atoms with Crippen LogP contribution in [0.1, 0.15) is 33.1 Å². The van der Waals surface area contributed by atoms with Gasteiger partial charge in [0.15, 0.2) is 0 Å². The zero-order valence-electron chi connectivity index (χ0n) is 10.6. The fourth-order valence-electron chi connectivity index (χ4n) is 2.38. The second-order valence-electron chi connectivity index (χ2n) is 5.88. The molecule has 1 aliphatic heterocycles. The second kappa shape index (κ2) is 5.03. The molecule has 0 aromatic heterocycles. The Morgan fingerprint density at radius 2 is 2.00 bits per heavy atom. The van der Waals surface area contributed by atoms with Crippen molar-refractivity contribution in [2.75, 3.05) is 32.8 Å². The van der Waals surface area contributed by atoms with Gasteiger partial charge in [0.2, 0.25) is 0 Å². The summed E-state index contributed by atoms with van der Waals surface area (Å²) < 4.78 is 5.57. The van der Waals surface area contributed by atoms with Crippen LogP contribution < -0.4 is 0 Å². The van der Waals surface area contributed by atoms with Gasteiger partial charge in [-0.05, 0) is 31.1 Å². The molecule has 0 amide bonds. The maximum absolute atomic E-state index is 10.1. The number of likely N-dealkylation sites (tertiary alicyclic amines) is 1. The number of hydrogen-bond acceptors (Lipinski definition) is 3. The first-order valence-corrected chi connectivity index (χ1v) is 6.62. The summed E-state index contributed by atoms with van der Waals surface area (Å²) in [5.41, 5.74) is -0.335. The van der Waals surface area contributed by atoms with Gasteiger partial charge >= 0.3 is 0 Å². The maximum Gasteiger partial charge on any atom is 0.0928 e. The summed E-state index contributed by atoms with van der Waals surface area (Å²) in [5, 5.41) is 10.1. The Hall–Kier alpha value is -0.120. The highest BCUT2D eigenvalue weighted by Gasteiger charge is 2.51. The fourth-order valence-corrected chi connectivity index (χ4v) is 2.38. The summed E-state index contributed by atoms with van der Waals surface area (Å²) in [6.07, 6.45) is 3.61. The molecule has 0 bridgehead atoms. The lowest BCUT2D eigenvalue weighted by Gasteiger charge is -2.47. The molecule has 94 valence electrons. The summed E-state index contributed by atoms with van der Waals surface area (Å²) in [6, 6.07) is 0. The largest absolute Gasteiger partial charge is 0.387 e. The molecule has 2 fully saturated rings. The Morgan fingerprint density at radius 1 is 1.31 bits per heavy atom. The standard InChI is InChI=1S/C13H25NO2/c1-11(2)5-7-16-8-6-14-9-13(15,10-14)12-3-4-12/h11-12,15H,3-10H2,1-2H3. The predicted octanol–water partition coefficient (Wildman–Crippen LogP) is 1.51. The molecular formula is C13H25NO2. The molecular weight excluding hydrogens is 202 g/mol. The third-order valence-corrected chi connectivity index (χ3v) is 3.72. The zero-order valence-corrected chi connectivity index (χ0v) is 10.6. The van der Waals surface area contributed by atoms with E-state index in [1.807, 2.05) is 0 Å². The van der Waals surface area contributed by atoms with Gasteiger partial charge in [0.1, 0.15) is 0 Å². The van der Waals surface area contributed by atoms with Crippen molar-refractivity contribution < 1.29 is 9.84 Å². The van der Waals surface area contributed by atoms with Gasteiger partial charge in [0, 0.05) is 26.2 Å². The smallest absolute Gasteiger partial charge is 0.0928 e. The number of β-amino-alcohol motifs (C(OH)–C–C–N with tert-alkyl or cyclic N) is 1. The Balaban J connectivity index is 1.47. The van der Waals surface area contributed by atoms with Crippen molar-refractivity contribution in [2.24, 2.45) is 11.8 Å². The first-order chi connectivity index (χ1) is 7.60. The summed E-state index contributed by atoms with van der Waals surface area (Å²) in [7, 11) is 0. The third kappa shape index (κ3) is 3.19. The summed E-state index contributed by atoms with van der Waals surface area (Å²) >= 11 is 0. The van der Waals surface area contributed by atoms with E-state index in [0.717, 1.165) is 45.2 Å². The Labute approximate surface area is 98.8 Å². The van der Waals surface area contributed by atoms with E-state index in [4.69, 9.17) is 4.74 Å². The summed E-state index contributed by atoms with van der Waals surface area (Å²) in [6.45, 7) is 8.83. The molecule has 1 N–H and O–H groups in total. The normalized spacial score (nSPS) is 24.8. The Kier molecular flexibility index (Phi) is 3.88. The average Bonchev–Trinajstić information content (AvgIpc) is 2.96. The molecule has 2 aliphatic rings. The van der Waals surface area contributed by atoms with Crippen LogP contribution in [0.25, 0.3) is 0 Å². The third-order valence-electron chi connectivity index (χ3n) is 3.72. The molecule has 0 aromatic rings. The lowest BCUT2D eigenvalue weighted by atomic mass is 9.89. The SMILES string of the molecule is CC(C)CCOCCN1CC(O)(C2CC2)C1. The van der Waals surface area contributed by atoms with Gasteiger partial charge in [-0.3, -0.25) is 4.90 Å². The van der Waals surface area contributed by atoms with E-state index in [2.05, 4.69) is 18.7 Å². The lowest BCUT2D eigenvalue weighted by molar-refractivity contribution is -0.118. The van der Waals surface area contributed by atoms with Crippen LogP contribution in [0.4, 0.5) is 0 Å². The molecule has 1 heterocycles.